The van der Waals surface area contributed by atoms with E-state index in [0.29, 0.717) is 51.3 Å². The molecular weight excluding hydrogens is 380 g/mol. The summed E-state index contributed by atoms with van der Waals surface area (Å²) in [6.45, 7) is 4.51. The predicted octanol–water partition coefficient (Wildman–Crippen LogP) is 0.948. The lowest BCUT2D eigenvalue weighted by Gasteiger charge is -2.36. The number of piperidine rings is 1. The Bertz CT molecular complexity index is 787. The molecule has 0 aromatic carbocycles. The molecule has 4 heterocycles. The number of rotatable bonds is 4. The summed E-state index contributed by atoms with van der Waals surface area (Å²) in [4.78, 5) is 21.3. The first-order valence-electron chi connectivity index (χ1n) is 10.1. The number of hydrogen-bond donors (Lipinski definition) is 0. The van der Waals surface area contributed by atoms with Crippen LogP contribution in [0.25, 0.3) is 0 Å². The Hall–Kier alpha value is -1.71. The van der Waals surface area contributed by atoms with Crippen LogP contribution in [-0.2, 0) is 14.8 Å². The molecule has 1 atom stereocenters. The number of morpholine rings is 1. The van der Waals surface area contributed by atoms with Crippen molar-refractivity contribution in [1.82, 2.24) is 14.2 Å². The second-order valence-corrected chi connectivity index (χ2v) is 9.88. The van der Waals surface area contributed by atoms with Crippen molar-refractivity contribution in [3.8, 4) is 0 Å². The van der Waals surface area contributed by atoms with Crippen molar-refractivity contribution in [3.05, 3.63) is 23.9 Å². The Labute approximate surface area is 166 Å². The minimum Gasteiger partial charge on any atom is -0.379 e. The van der Waals surface area contributed by atoms with E-state index in [1.807, 2.05) is 12.1 Å². The van der Waals surface area contributed by atoms with Gasteiger partial charge in [0.1, 0.15) is 5.82 Å². The Morgan fingerprint density at radius 1 is 1.04 bits per heavy atom. The molecule has 0 radical (unpaired) electrons. The van der Waals surface area contributed by atoms with Crippen molar-refractivity contribution in [2.24, 2.45) is 0 Å². The molecule has 0 bridgehead atoms. The van der Waals surface area contributed by atoms with E-state index in [0.717, 1.165) is 18.9 Å². The normalized spacial score (nSPS) is 24.5. The highest BCUT2D eigenvalue weighted by Crippen LogP contribution is 2.23. The fourth-order valence-corrected chi connectivity index (χ4v) is 6.12. The zero-order chi connectivity index (χ0) is 19.6. The van der Waals surface area contributed by atoms with Gasteiger partial charge in [-0.3, -0.25) is 4.79 Å². The highest BCUT2D eigenvalue weighted by Gasteiger charge is 2.37. The van der Waals surface area contributed by atoms with E-state index in [1.165, 1.54) is 17.1 Å². The highest BCUT2D eigenvalue weighted by atomic mass is 32.2. The largest absolute Gasteiger partial charge is 0.379 e. The fraction of sp³-hybridized carbons (Fsp3) is 0.684. The molecule has 1 aromatic heterocycles. The Morgan fingerprint density at radius 2 is 1.79 bits per heavy atom. The van der Waals surface area contributed by atoms with E-state index in [4.69, 9.17) is 4.74 Å². The second kappa shape index (κ2) is 8.34. The number of carbonyl (C=O) groups is 1. The maximum absolute atomic E-state index is 13.0. The quantitative estimate of drug-likeness (QED) is 0.738. The molecule has 1 aromatic rings. The number of likely N-dealkylation sites (tertiary alicyclic amines) is 1. The molecule has 3 aliphatic heterocycles. The molecule has 154 valence electrons. The van der Waals surface area contributed by atoms with Crippen molar-refractivity contribution in [2.45, 2.75) is 30.9 Å². The molecule has 0 unspecified atom stereocenters. The molecule has 3 aliphatic rings. The van der Waals surface area contributed by atoms with E-state index in [-0.39, 0.29) is 12.5 Å². The highest BCUT2D eigenvalue weighted by molar-refractivity contribution is 7.89. The third-order valence-electron chi connectivity index (χ3n) is 5.84. The molecule has 4 rings (SSSR count). The molecule has 0 saturated carbocycles. The van der Waals surface area contributed by atoms with Crippen molar-refractivity contribution >= 4 is 21.7 Å². The molecule has 0 aliphatic carbocycles. The predicted molar refractivity (Wildman–Crippen MR) is 106 cm³/mol. The lowest BCUT2D eigenvalue weighted by atomic mass is 10.1. The van der Waals surface area contributed by atoms with Crippen LogP contribution in [0.3, 0.4) is 0 Å². The summed E-state index contributed by atoms with van der Waals surface area (Å²) in [5, 5.41) is -0.542. The van der Waals surface area contributed by atoms with Crippen molar-refractivity contribution in [3.63, 3.8) is 0 Å². The Kier molecular flexibility index (Phi) is 5.84. The van der Waals surface area contributed by atoms with Crippen LogP contribution in [0.15, 0.2) is 18.3 Å². The first-order valence-corrected chi connectivity index (χ1v) is 11.6. The van der Waals surface area contributed by atoms with E-state index in [1.54, 1.807) is 11.1 Å². The number of sulfonamides is 1. The maximum atomic E-state index is 13.0. The van der Waals surface area contributed by atoms with E-state index >= 15 is 0 Å². The van der Waals surface area contributed by atoms with Crippen LogP contribution in [0.2, 0.25) is 0 Å². The molecule has 0 N–H and O–H groups in total. The summed E-state index contributed by atoms with van der Waals surface area (Å²) in [6.07, 6.45) is 5.26. The van der Waals surface area contributed by atoms with Gasteiger partial charge in [0.15, 0.2) is 0 Å². The van der Waals surface area contributed by atoms with Crippen LogP contribution >= 0.6 is 0 Å². The topological polar surface area (TPSA) is 83.1 Å². The minimum atomic E-state index is -3.41. The minimum absolute atomic E-state index is 0.137. The second-order valence-electron chi connectivity index (χ2n) is 7.67. The zero-order valence-electron chi connectivity index (χ0n) is 16.1. The van der Waals surface area contributed by atoms with Crippen LogP contribution in [0.5, 0.6) is 0 Å². The molecule has 0 spiro atoms. The summed E-state index contributed by atoms with van der Waals surface area (Å²) in [6, 6.07) is 3.70. The number of hydrogen-bond acceptors (Lipinski definition) is 6. The summed E-state index contributed by atoms with van der Waals surface area (Å²) >= 11 is 0. The van der Waals surface area contributed by atoms with E-state index in [9.17, 15) is 13.2 Å². The number of pyridine rings is 1. The molecule has 9 heteroatoms. The first kappa shape index (κ1) is 19.6. The van der Waals surface area contributed by atoms with Crippen LogP contribution < -0.4 is 4.90 Å². The molecule has 8 nitrogen and oxygen atoms in total. The van der Waals surface area contributed by atoms with Crippen LogP contribution in [0.4, 0.5) is 5.82 Å². The summed E-state index contributed by atoms with van der Waals surface area (Å²) < 4.78 is 32.7. The zero-order valence-corrected chi connectivity index (χ0v) is 16.9. The van der Waals surface area contributed by atoms with Gasteiger partial charge in [-0.1, -0.05) is 0 Å². The lowest BCUT2D eigenvalue weighted by Crippen LogP contribution is -2.51. The summed E-state index contributed by atoms with van der Waals surface area (Å²) in [7, 11) is -3.41. The number of carbonyl (C=O) groups excluding carboxylic acids is 1. The Balaban J connectivity index is 1.43. The number of anilines is 1. The van der Waals surface area contributed by atoms with Crippen molar-refractivity contribution in [1.29, 1.82) is 0 Å². The van der Waals surface area contributed by atoms with Crippen LogP contribution in [-0.4, -0.2) is 86.2 Å². The van der Waals surface area contributed by atoms with Gasteiger partial charge in [0, 0.05) is 45.5 Å². The van der Waals surface area contributed by atoms with Crippen molar-refractivity contribution < 1.29 is 17.9 Å². The van der Waals surface area contributed by atoms with Gasteiger partial charge in [-0.2, -0.15) is 4.31 Å². The third-order valence-corrected chi connectivity index (χ3v) is 8.15. The molecule has 3 fully saturated rings. The summed E-state index contributed by atoms with van der Waals surface area (Å²) in [5.74, 6) is 0.766. The van der Waals surface area contributed by atoms with Crippen molar-refractivity contribution in [2.75, 3.05) is 57.4 Å². The fourth-order valence-electron chi connectivity index (χ4n) is 4.21. The number of amides is 1. The molecule has 3 saturated heterocycles. The molecular formula is C19H28N4O4S. The van der Waals surface area contributed by atoms with Gasteiger partial charge in [-0.05, 0) is 37.8 Å². The van der Waals surface area contributed by atoms with Gasteiger partial charge in [0.25, 0.3) is 5.91 Å². The van der Waals surface area contributed by atoms with Crippen LogP contribution in [0.1, 0.15) is 36.0 Å². The van der Waals surface area contributed by atoms with E-state index < -0.39 is 15.3 Å². The average molecular weight is 409 g/mol. The monoisotopic (exact) mass is 408 g/mol. The van der Waals surface area contributed by atoms with Gasteiger partial charge in [0.05, 0.1) is 24.0 Å². The standard InChI is InChI=1S/C19H28N4O4S/c24-19(16-5-6-18(20-14-16)21-7-1-2-8-21)22-9-3-4-17(15-22)28(25,26)23-10-12-27-13-11-23/h5-6,14,17H,1-4,7-13,15H2/t17-/m0/s1. The number of nitrogens with zero attached hydrogens (tertiary/aromatic N) is 4. The van der Waals surface area contributed by atoms with Crippen LogP contribution in [0, 0.1) is 0 Å². The molecule has 28 heavy (non-hydrogen) atoms. The SMILES string of the molecule is O=C(c1ccc(N2CCCC2)nc1)N1CCC[C@H](S(=O)(=O)N2CCOCC2)C1. The number of aromatic nitrogens is 1. The van der Waals surface area contributed by atoms with E-state index in [2.05, 4.69) is 9.88 Å². The van der Waals surface area contributed by atoms with Gasteiger partial charge in [-0.25, -0.2) is 13.4 Å². The number of ether oxygens (including phenoxy) is 1. The summed E-state index contributed by atoms with van der Waals surface area (Å²) in [5.41, 5.74) is 0.521. The maximum Gasteiger partial charge on any atom is 0.255 e. The Morgan fingerprint density at radius 3 is 2.46 bits per heavy atom. The van der Waals surface area contributed by atoms with Gasteiger partial charge < -0.3 is 14.5 Å². The lowest BCUT2D eigenvalue weighted by molar-refractivity contribution is 0.0685. The first-order chi connectivity index (χ1) is 13.6. The average Bonchev–Trinajstić information content (AvgIpc) is 3.29. The van der Waals surface area contributed by atoms with Gasteiger partial charge >= 0.3 is 0 Å². The smallest absolute Gasteiger partial charge is 0.255 e. The third kappa shape index (κ3) is 4.01. The van der Waals surface area contributed by atoms with Gasteiger partial charge in [0.2, 0.25) is 10.0 Å². The van der Waals surface area contributed by atoms with Gasteiger partial charge in [-0.15, -0.1) is 0 Å². The molecule has 1 amide bonds.